The fourth-order valence-corrected chi connectivity index (χ4v) is 1.71. The first-order chi connectivity index (χ1) is 6.65. The molecule has 0 saturated heterocycles. The highest BCUT2D eigenvalue weighted by molar-refractivity contribution is 7.98. The Morgan fingerprint density at radius 3 is 2.93 bits per heavy atom. The van der Waals surface area contributed by atoms with E-state index in [9.17, 15) is 0 Å². The van der Waals surface area contributed by atoms with Gasteiger partial charge in [-0.3, -0.25) is 0 Å². The van der Waals surface area contributed by atoms with Crippen LogP contribution < -0.4 is 16.8 Å². The van der Waals surface area contributed by atoms with Gasteiger partial charge in [0.25, 0.3) is 0 Å². The summed E-state index contributed by atoms with van der Waals surface area (Å²) in [5.74, 6) is 1.68. The second-order valence-electron chi connectivity index (χ2n) is 3.16. The van der Waals surface area contributed by atoms with Crippen LogP contribution in [0.15, 0.2) is 12.3 Å². The molecule has 14 heavy (non-hydrogen) atoms. The average molecular weight is 212 g/mol. The van der Waals surface area contributed by atoms with Crippen molar-refractivity contribution in [3.8, 4) is 0 Å². The molecule has 1 atom stereocenters. The molecule has 1 unspecified atom stereocenters. The van der Waals surface area contributed by atoms with Crippen LogP contribution in [0, 0.1) is 0 Å². The number of nitrogens with one attached hydrogen (secondary N) is 1. The summed E-state index contributed by atoms with van der Waals surface area (Å²) in [6.45, 7) is 2.08. The molecule has 1 aromatic heterocycles. The minimum Gasteiger partial charge on any atom is -0.397 e. The van der Waals surface area contributed by atoms with Gasteiger partial charge >= 0.3 is 0 Å². The second kappa shape index (κ2) is 4.95. The van der Waals surface area contributed by atoms with E-state index in [1.54, 1.807) is 24.0 Å². The number of rotatable bonds is 4. The maximum atomic E-state index is 5.77. The van der Waals surface area contributed by atoms with Gasteiger partial charge in [-0.05, 0) is 19.2 Å². The van der Waals surface area contributed by atoms with Crippen molar-refractivity contribution in [3.63, 3.8) is 0 Å². The average Bonchev–Trinajstić information content (AvgIpc) is 2.13. The summed E-state index contributed by atoms with van der Waals surface area (Å²) >= 11 is 1.78. The number of thioether (sulfide) groups is 1. The van der Waals surface area contributed by atoms with Crippen molar-refractivity contribution in [2.45, 2.75) is 13.0 Å². The van der Waals surface area contributed by atoms with Gasteiger partial charge < -0.3 is 16.8 Å². The number of pyridine rings is 1. The van der Waals surface area contributed by atoms with Crippen molar-refractivity contribution in [2.24, 2.45) is 0 Å². The van der Waals surface area contributed by atoms with Crippen LogP contribution in [0.2, 0.25) is 0 Å². The van der Waals surface area contributed by atoms with E-state index in [0.717, 1.165) is 5.75 Å². The summed E-state index contributed by atoms with van der Waals surface area (Å²) in [6.07, 6.45) is 3.72. The zero-order valence-corrected chi connectivity index (χ0v) is 9.27. The monoisotopic (exact) mass is 212 g/mol. The molecule has 0 aliphatic carbocycles. The highest BCUT2D eigenvalue weighted by Gasteiger charge is 2.06. The standard InChI is InChI=1S/C9H16N4S/c1-6(5-14-2)13-9-8(11)7(10)3-4-12-9/h3-4,6H,5,11H2,1-2H3,(H3,10,12,13). The van der Waals surface area contributed by atoms with Gasteiger partial charge in [-0.2, -0.15) is 11.8 Å². The van der Waals surface area contributed by atoms with E-state index in [2.05, 4.69) is 23.5 Å². The Morgan fingerprint density at radius 2 is 2.29 bits per heavy atom. The molecule has 1 rings (SSSR count). The lowest BCUT2D eigenvalue weighted by Crippen LogP contribution is -2.19. The Labute approximate surface area is 88.5 Å². The fourth-order valence-electron chi connectivity index (χ4n) is 1.13. The molecular weight excluding hydrogens is 196 g/mol. The van der Waals surface area contributed by atoms with Crippen LogP contribution >= 0.6 is 11.8 Å². The Balaban J connectivity index is 2.71. The summed E-state index contributed by atoms with van der Waals surface area (Å²) in [5.41, 5.74) is 12.5. The smallest absolute Gasteiger partial charge is 0.151 e. The third kappa shape index (κ3) is 2.70. The SMILES string of the molecule is CSCC(C)Nc1nccc(N)c1N. The van der Waals surface area contributed by atoms with Crippen LogP contribution in [0.1, 0.15) is 6.92 Å². The van der Waals surface area contributed by atoms with Crippen LogP contribution in [0.4, 0.5) is 17.2 Å². The van der Waals surface area contributed by atoms with Crippen LogP contribution in [-0.4, -0.2) is 23.0 Å². The molecule has 0 radical (unpaired) electrons. The minimum absolute atomic E-state index is 0.335. The van der Waals surface area contributed by atoms with E-state index < -0.39 is 0 Å². The number of anilines is 3. The molecule has 5 N–H and O–H groups in total. The van der Waals surface area contributed by atoms with Crippen molar-refractivity contribution in [3.05, 3.63) is 12.3 Å². The van der Waals surface area contributed by atoms with Crippen molar-refractivity contribution < 1.29 is 0 Å². The van der Waals surface area contributed by atoms with Gasteiger partial charge in [0.1, 0.15) is 0 Å². The van der Waals surface area contributed by atoms with Crippen LogP contribution in [-0.2, 0) is 0 Å². The lowest BCUT2D eigenvalue weighted by Gasteiger charge is -2.15. The van der Waals surface area contributed by atoms with Crippen LogP contribution in [0.5, 0.6) is 0 Å². The molecular formula is C9H16N4S. The first-order valence-electron chi connectivity index (χ1n) is 4.40. The Bertz CT molecular complexity index is 303. The summed E-state index contributed by atoms with van der Waals surface area (Å²) < 4.78 is 0. The van der Waals surface area contributed by atoms with Crippen molar-refractivity contribution in [1.82, 2.24) is 4.98 Å². The molecule has 78 valence electrons. The van der Waals surface area contributed by atoms with Crippen molar-refractivity contribution in [1.29, 1.82) is 0 Å². The molecule has 0 amide bonds. The van der Waals surface area contributed by atoms with E-state index in [1.807, 2.05) is 0 Å². The Morgan fingerprint density at radius 1 is 1.57 bits per heavy atom. The number of hydrogen-bond donors (Lipinski definition) is 3. The Kier molecular flexibility index (Phi) is 3.88. The van der Waals surface area contributed by atoms with Gasteiger partial charge in [-0.1, -0.05) is 0 Å². The molecule has 0 aliphatic rings. The first-order valence-corrected chi connectivity index (χ1v) is 5.80. The molecule has 0 spiro atoms. The summed E-state index contributed by atoms with van der Waals surface area (Å²) in [6, 6.07) is 2.03. The summed E-state index contributed by atoms with van der Waals surface area (Å²) in [4.78, 5) is 4.14. The lowest BCUT2D eigenvalue weighted by molar-refractivity contribution is 0.904. The van der Waals surface area contributed by atoms with Crippen LogP contribution in [0.3, 0.4) is 0 Å². The highest BCUT2D eigenvalue weighted by Crippen LogP contribution is 2.22. The molecule has 0 aliphatic heterocycles. The number of nitrogens with zero attached hydrogens (tertiary/aromatic N) is 1. The molecule has 4 nitrogen and oxygen atoms in total. The predicted octanol–water partition coefficient (Wildman–Crippen LogP) is 1.41. The molecule has 5 heteroatoms. The first kappa shape index (κ1) is 11.0. The maximum absolute atomic E-state index is 5.77. The Hall–Kier alpha value is -1.10. The van der Waals surface area contributed by atoms with E-state index in [0.29, 0.717) is 23.2 Å². The quantitative estimate of drug-likeness (QED) is 0.703. The van der Waals surface area contributed by atoms with Gasteiger partial charge in [-0.15, -0.1) is 0 Å². The third-order valence-electron chi connectivity index (χ3n) is 1.82. The second-order valence-corrected chi connectivity index (χ2v) is 4.07. The number of nitrogens with two attached hydrogens (primary N) is 2. The molecule has 1 heterocycles. The van der Waals surface area contributed by atoms with Gasteiger partial charge in [0.05, 0.1) is 11.4 Å². The van der Waals surface area contributed by atoms with Crippen molar-refractivity contribution in [2.75, 3.05) is 28.8 Å². The molecule has 0 fully saturated rings. The van der Waals surface area contributed by atoms with Gasteiger partial charge in [0.2, 0.25) is 0 Å². The van der Waals surface area contributed by atoms with E-state index >= 15 is 0 Å². The molecule has 0 bridgehead atoms. The predicted molar refractivity (Wildman–Crippen MR) is 64.5 cm³/mol. The van der Waals surface area contributed by atoms with E-state index in [4.69, 9.17) is 11.5 Å². The minimum atomic E-state index is 0.335. The summed E-state index contributed by atoms with van der Waals surface area (Å²) in [5, 5.41) is 3.21. The third-order valence-corrected chi connectivity index (χ3v) is 2.66. The zero-order valence-electron chi connectivity index (χ0n) is 8.45. The number of nitrogen functional groups attached to an aromatic ring is 2. The number of aromatic nitrogens is 1. The summed E-state index contributed by atoms with van der Waals surface area (Å²) in [7, 11) is 0. The van der Waals surface area contributed by atoms with E-state index in [1.165, 1.54) is 0 Å². The van der Waals surface area contributed by atoms with Gasteiger partial charge in [0.15, 0.2) is 5.82 Å². The van der Waals surface area contributed by atoms with Gasteiger partial charge in [-0.25, -0.2) is 4.98 Å². The topological polar surface area (TPSA) is 77.0 Å². The molecule has 1 aromatic rings. The maximum Gasteiger partial charge on any atom is 0.151 e. The van der Waals surface area contributed by atoms with E-state index in [-0.39, 0.29) is 0 Å². The largest absolute Gasteiger partial charge is 0.397 e. The normalized spacial score (nSPS) is 12.4. The van der Waals surface area contributed by atoms with Crippen LogP contribution in [0.25, 0.3) is 0 Å². The lowest BCUT2D eigenvalue weighted by atomic mass is 10.3. The molecule has 0 aromatic carbocycles. The highest BCUT2D eigenvalue weighted by atomic mass is 32.2. The zero-order chi connectivity index (χ0) is 10.6. The number of hydrogen-bond acceptors (Lipinski definition) is 5. The fraction of sp³-hybridized carbons (Fsp3) is 0.444. The van der Waals surface area contributed by atoms with Crippen molar-refractivity contribution >= 4 is 29.0 Å². The van der Waals surface area contributed by atoms with Gasteiger partial charge in [0, 0.05) is 18.0 Å². The molecule has 0 saturated carbocycles.